The minimum absolute atomic E-state index is 0.0746. The second kappa shape index (κ2) is 9.33. The van der Waals surface area contributed by atoms with Gasteiger partial charge in [0, 0.05) is 29.2 Å². The lowest BCUT2D eigenvalue weighted by Crippen LogP contribution is -2.29. The second-order valence-electron chi connectivity index (χ2n) is 9.32. The van der Waals surface area contributed by atoms with E-state index in [0.29, 0.717) is 23.5 Å². The summed E-state index contributed by atoms with van der Waals surface area (Å²) in [6.07, 6.45) is 3.07. The van der Waals surface area contributed by atoms with E-state index in [2.05, 4.69) is 4.98 Å². The average molecular weight is 475 g/mol. The van der Waals surface area contributed by atoms with Crippen LogP contribution in [-0.4, -0.2) is 28.4 Å². The summed E-state index contributed by atoms with van der Waals surface area (Å²) in [4.78, 5) is 31.7. The van der Waals surface area contributed by atoms with E-state index in [1.165, 1.54) is 35.5 Å². The number of halogens is 1. The van der Waals surface area contributed by atoms with Gasteiger partial charge in [-0.2, -0.15) is 0 Å². The maximum Gasteiger partial charge on any atom is 0.300 e. The number of benzene rings is 2. The summed E-state index contributed by atoms with van der Waals surface area (Å²) >= 11 is 0. The van der Waals surface area contributed by atoms with Crippen LogP contribution < -0.4 is 9.64 Å². The molecule has 3 aromatic rings. The molecule has 6 nitrogen and oxygen atoms in total. The normalized spacial score (nSPS) is 17.6. The number of anilines is 1. The van der Waals surface area contributed by atoms with Gasteiger partial charge >= 0.3 is 0 Å². The van der Waals surface area contributed by atoms with E-state index in [0.717, 1.165) is 5.56 Å². The molecule has 0 bridgehead atoms. The number of pyridine rings is 1. The highest BCUT2D eigenvalue weighted by Crippen LogP contribution is 2.43. The van der Waals surface area contributed by atoms with Gasteiger partial charge in [-0.15, -0.1) is 0 Å². The minimum atomic E-state index is -0.954. The van der Waals surface area contributed by atoms with Crippen molar-refractivity contribution in [3.63, 3.8) is 0 Å². The number of hydrogen-bond donors (Lipinski definition) is 1. The zero-order chi connectivity index (χ0) is 25.3. The number of rotatable bonds is 5. The lowest BCUT2D eigenvalue weighted by atomic mass is 9.84. The van der Waals surface area contributed by atoms with Crippen LogP contribution in [0.25, 0.3) is 5.76 Å². The number of carbonyl (C=O) groups is 2. The average Bonchev–Trinajstić information content (AvgIpc) is 3.09. The molecule has 1 aliphatic rings. The van der Waals surface area contributed by atoms with Gasteiger partial charge < -0.3 is 9.84 Å². The summed E-state index contributed by atoms with van der Waals surface area (Å²) in [5, 5.41) is 11.4. The molecule has 35 heavy (non-hydrogen) atoms. The van der Waals surface area contributed by atoms with Crippen LogP contribution in [-0.2, 0) is 15.0 Å². The topological polar surface area (TPSA) is 79.7 Å². The van der Waals surface area contributed by atoms with Crippen molar-refractivity contribution in [2.75, 3.05) is 11.5 Å². The van der Waals surface area contributed by atoms with Crippen LogP contribution in [0, 0.1) is 5.82 Å². The van der Waals surface area contributed by atoms with Crippen molar-refractivity contribution in [2.24, 2.45) is 0 Å². The third-order valence-electron chi connectivity index (χ3n) is 5.91. The number of ketones is 1. The molecule has 1 aliphatic heterocycles. The quantitative estimate of drug-likeness (QED) is 0.298. The van der Waals surface area contributed by atoms with E-state index in [1.54, 1.807) is 36.4 Å². The summed E-state index contributed by atoms with van der Waals surface area (Å²) in [6.45, 7) is 8.44. The number of ether oxygens (including phenoxy) is 1. The molecule has 1 aromatic heterocycles. The molecule has 2 heterocycles. The molecular formula is C28H27FN2O4. The van der Waals surface area contributed by atoms with Crippen LogP contribution in [0.2, 0.25) is 0 Å². The lowest BCUT2D eigenvalue weighted by molar-refractivity contribution is -0.132. The Morgan fingerprint density at radius 1 is 1.09 bits per heavy atom. The van der Waals surface area contributed by atoms with Crippen molar-refractivity contribution < 1.29 is 23.8 Å². The molecule has 2 aromatic carbocycles. The molecule has 0 spiro atoms. The third-order valence-corrected chi connectivity index (χ3v) is 5.91. The fourth-order valence-corrected chi connectivity index (χ4v) is 4.29. The smallest absolute Gasteiger partial charge is 0.300 e. The van der Waals surface area contributed by atoms with Gasteiger partial charge in [-0.1, -0.05) is 26.8 Å². The first-order chi connectivity index (χ1) is 16.6. The number of Topliss-reactive ketones (excluding diaryl/α,β-unsaturated/α-hetero) is 1. The zero-order valence-electron chi connectivity index (χ0n) is 20.1. The number of carbonyl (C=O) groups excluding carboxylic acids is 2. The number of hydrogen-bond acceptors (Lipinski definition) is 5. The third kappa shape index (κ3) is 4.54. The first kappa shape index (κ1) is 24.1. The van der Waals surface area contributed by atoms with Crippen molar-refractivity contribution in [1.29, 1.82) is 0 Å². The minimum Gasteiger partial charge on any atom is -0.507 e. The van der Waals surface area contributed by atoms with E-state index in [9.17, 15) is 19.1 Å². The maximum atomic E-state index is 14.0. The highest BCUT2D eigenvalue weighted by molar-refractivity contribution is 6.51. The molecule has 180 valence electrons. The number of aromatic nitrogens is 1. The van der Waals surface area contributed by atoms with Crippen molar-refractivity contribution in [2.45, 2.75) is 39.2 Å². The van der Waals surface area contributed by atoms with Crippen LogP contribution >= 0.6 is 0 Å². The Balaban J connectivity index is 1.94. The van der Waals surface area contributed by atoms with Gasteiger partial charge in [-0.05, 0) is 66.4 Å². The highest BCUT2D eigenvalue weighted by atomic mass is 19.1. The van der Waals surface area contributed by atoms with E-state index < -0.39 is 23.5 Å². The number of aliphatic hydroxyl groups excluding tert-OH is 1. The Morgan fingerprint density at radius 3 is 2.43 bits per heavy atom. The molecule has 7 heteroatoms. The summed E-state index contributed by atoms with van der Waals surface area (Å²) < 4.78 is 19.8. The lowest BCUT2D eigenvalue weighted by Gasteiger charge is -2.26. The molecule has 1 saturated heterocycles. The molecule has 1 unspecified atom stereocenters. The van der Waals surface area contributed by atoms with Crippen LogP contribution in [0.1, 0.15) is 50.4 Å². The molecule has 1 fully saturated rings. The second-order valence-corrected chi connectivity index (χ2v) is 9.32. The van der Waals surface area contributed by atoms with Crippen molar-refractivity contribution >= 4 is 23.1 Å². The Kier molecular flexibility index (Phi) is 6.43. The van der Waals surface area contributed by atoms with Gasteiger partial charge in [-0.3, -0.25) is 19.5 Å². The Morgan fingerprint density at radius 2 is 1.80 bits per heavy atom. The molecule has 1 atom stereocenters. The molecule has 0 aliphatic carbocycles. The Labute approximate surface area is 203 Å². The Hall–Kier alpha value is -4.00. The van der Waals surface area contributed by atoms with Crippen LogP contribution in [0.3, 0.4) is 0 Å². The van der Waals surface area contributed by atoms with Gasteiger partial charge in [0.05, 0.1) is 18.2 Å². The molecular weight excluding hydrogens is 447 g/mol. The van der Waals surface area contributed by atoms with Crippen molar-refractivity contribution in [1.82, 2.24) is 4.98 Å². The van der Waals surface area contributed by atoms with Crippen molar-refractivity contribution in [3.8, 4) is 5.75 Å². The first-order valence-corrected chi connectivity index (χ1v) is 11.4. The van der Waals surface area contributed by atoms with E-state index in [1.807, 2.05) is 27.7 Å². The fourth-order valence-electron chi connectivity index (χ4n) is 4.29. The van der Waals surface area contributed by atoms with E-state index in [-0.39, 0.29) is 22.4 Å². The van der Waals surface area contributed by atoms with E-state index in [4.69, 9.17) is 4.74 Å². The number of nitrogens with zero attached hydrogens (tertiary/aromatic N) is 2. The largest absolute Gasteiger partial charge is 0.507 e. The molecule has 4 rings (SSSR count). The molecule has 1 N–H and O–H groups in total. The van der Waals surface area contributed by atoms with Gasteiger partial charge in [-0.25, -0.2) is 4.39 Å². The van der Waals surface area contributed by atoms with Crippen LogP contribution in [0.15, 0.2) is 72.6 Å². The number of amides is 1. The first-order valence-electron chi connectivity index (χ1n) is 11.4. The van der Waals surface area contributed by atoms with Crippen LogP contribution in [0.4, 0.5) is 10.1 Å². The predicted molar refractivity (Wildman–Crippen MR) is 132 cm³/mol. The van der Waals surface area contributed by atoms with Gasteiger partial charge in [0.15, 0.2) is 0 Å². The molecule has 0 radical (unpaired) electrons. The number of aliphatic hydroxyl groups is 1. The van der Waals surface area contributed by atoms with Gasteiger partial charge in [0.2, 0.25) is 0 Å². The SMILES string of the molecule is CCOc1ccc(/C(O)=C2/C(=O)C(=O)N(c3cccc(F)c3)C2c2ccncc2)cc1C(C)(C)C. The monoisotopic (exact) mass is 474 g/mol. The van der Waals surface area contributed by atoms with Crippen LogP contribution in [0.5, 0.6) is 5.75 Å². The summed E-state index contributed by atoms with van der Waals surface area (Å²) in [5.74, 6) is -1.86. The molecule has 1 amide bonds. The predicted octanol–water partition coefficient (Wildman–Crippen LogP) is 5.54. The summed E-state index contributed by atoms with van der Waals surface area (Å²) in [7, 11) is 0. The standard InChI is InChI=1S/C28H27FN2O4/c1-5-35-22-10-9-18(15-21(22)28(2,3)4)25(32)23-24(17-11-13-30-14-12-17)31(27(34)26(23)33)20-8-6-7-19(29)16-20/h6-16,24,32H,5H2,1-4H3/b25-23-. The molecule has 0 saturated carbocycles. The Bertz CT molecular complexity index is 1310. The summed E-state index contributed by atoms with van der Waals surface area (Å²) in [6, 6.07) is 13.0. The van der Waals surface area contributed by atoms with Gasteiger partial charge in [0.25, 0.3) is 11.7 Å². The summed E-state index contributed by atoms with van der Waals surface area (Å²) in [5.41, 5.74) is 1.63. The highest BCUT2D eigenvalue weighted by Gasteiger charge is 2.47. The maximum absolute atomic E-state index is 14.0. The van der Waals surface area contributed by atoms with Crippen molar-refractivity contribution in [3.05, 3.63) is 95.1 Å². The van der Waals surface area contributed by atoms with Gasteiger partial charge in [0.1, 0.15) is 17.3 Å². The zero-order valence-corrected chi connectivity index (χ0v) is 20.1. The van der Waals surface area contributed by atoms with E-state index >= 15 is 0 Å². The fraction of sp³-hybridized carbons (Fsp3) is 0.250.